The molecule has 0 spiro atoms. The maximum atomic E-state index is 12.1. The molecule has 4 rings (SSSR count). The van der Waals surface area contributed by atoms with Crippen LogP contribution in [0.3, 0.4) is 0 Å². The number of aromatic nitrogens is 3. The normalized spacial score (nSPS) is 12.5. The summed E-state index contributed by atoms with van der Waals surface area (Å²) in [6, 6.07) is 15.2. The number of nitrogens with zero attached hydrogens (tertiary/aromatic N) is 3. The molecule has 1 aliphatic rings. The molecule has 0 unspecified atom stereocenters. The summed E-state index contributed by atoms with van der Waals surface area (Å²) in [5.74, 6) is 1.03. The Balaban J connectivity index is 1.36. The number of carbonyl (C=O) groups excluding carboxylic acids is 1. The van der Waals surface area contributed by atoms with Crippen LogP contribution in [0.25, 0.3) is 6.08 Å². The van der Waals surface area contributed by atoms with Crippen LogP contribution < -0.4 is 14.8 Å². The molecule has 1 aromatic heterocycles. The van der Waals surface area contributed by atoms with Gasteiger partial charge in [-0.15, -0.1) is 5.10 Å². The van der Waals surface area contributed by atoms with Crippen LogP contribution in [0.5, 0.6) is 11.5 Å². The van der Waals surface area contributed by atoms with Gasteiger partial charge in [-0.05, 0) is 23.8 Å². The molecule has 7 heteroatoms. The second kappa shape index (κ2) is 7.10. The summed E-state index contributed by atoms with van der Waals surface area (Å²) < 4.78 is 12.3. The van der Waals surface area contributed by atoms with Crippen LogP contribution in [0.2, 0.25) is 0 Å². The first kappa shape index (κ1) is 15.9. The van der Waals surface area contributed by atoms with E-state index in [0.717, 1.165) is 5.56 Å². The lowest BCUT2D eigenvalue weighted by Crippen LogP contribution is -2.07. The van der Waals surface area contributed by atoms with Gasteiger partial charge >= 0.3 is 0 Å². The minimum absolute atomic E-state index is 0.200. The fourth-order valence-corrected chi connectivity index (χ4v) is 2.56. The highest BCUT2D eigenvalue weighted by Gasteiger charge is 2.13. The van der Waals surface area contributed by atoms with E-state index < -0.39 is 0 Å². The van der Waals surface area contributed by atoms with Crippen molar-refractivity contribution in [2.45, 2.75) is 6.54 Å². The summed E-state index contributed by atoms with van der Waals surface area (Å²) in [6.45, 7) is 0.830. The molecule has 130 valence electrons. The molecule has 0 aliphatic carbocycles. The largest absolute Gasteiger partial charge is 0.454 e. The van der Waals surface area contributed by atoms with Crippen molar-refractivity contribution in [1.82, 2.24) is 15.0 Å². The van der Waals surface area contributed by atoms with Crippen LogP contribution >= 0.6 is 0 Å². The third-order valence-electron chi connectivity index (χ3n) is 3.79. The Hall–Kier alpha value is -3.61. The third-order valence-corrected chi connectivity index (χ3v) is 3.79. The molecule has 7 nitrogen and oxygen atoms in total. The average molecular weight is 348 g/mol. The topological polar surface area (TPSA) is 78.3 Å². The van der Waals surface area contributed by atoms with Crippen molar-refractivity contribution in [1.29, 1.82) is 0 Å². The van der Waals surface area contributed by atoms with Gasteiger partial charge in [0, 0.05) is 17.8 Å². The molecule has 0 atom stereocenters. The number of anilines is 1. The second-order valence-electron chi connectivity index (χ2n) is 5.72. The number of fused-ring (bicyclic) bond motifs is 1. The third kappa shape index (κ3) is 3.72. The maximum Gasteiger partial charge on any atom is 0.248 e. The fourth-order valence-electron chi connectivity index (χ4n) is 2.56. The van der Waals surface area contributed by atoms with Crippen molar-refractivity contribution in [3.05, 3.63) is 72.1 Å². The predicted molar refractivity (Wildman–Crippen MR) is 95.8 cm³/mol. The number of rotatable bonds is 5. The molecule has 1 N–H and O–H groups in total. The molecule has 0 radical (unpaired) electrons. The first-order valence-corrected chi connectivity index (χ1v) is 8.09. The van der Waals surface area contributed by atoms with Crippen LogP contribution in [0, 0.1) is 0 Å². The lowest BCUT2D eigenvalue weighted by atomic mass is 10.2. The Morgan fingerprint density at radius 3 is 2.88 bits per heavy atom. The van der Waals surface area contributed by atoms with Gasteiger partial charge in [0.2, 0.25) is 12.7 Å². The second-order valence-corrected chi connectivity index (χ2v) is 5.72. The van der Waals surface area contributed by atoms with Crippen LogP contribution in [0.1, 0.15) is 11.3 Å². The van der Waals surface area contributed by atoms with Crippen LogP contribution in [-0.2, 0) is 11.3 Å². The smallest absolute Gasteiger partial charge is 0.248 e. The molecular formula is C19H16N4O3. The summed E-state index contributed by atoms with van der Waals surface area (Å²) in [6.07, 6.45) is 4.83. The number of hydrogen-bond acceptors (Lipinski definition) is 5. The molecule has 2 heterocycles. The van der Waals surface area contributed by atoms with Crippen molar-refractivity contribution in [2.75, 3.05) is 12.1 Å². The molecule has 0 bridgehead atoms. The Morgan fingerprint density at radius 1 is 1.15 bits per heavy atom. The molecule has 1 aliphatic heterocycles. The zero-order valence-corrected chi connectivity index (χ0v) is 13.8. The quantitative estimate of drug-likeness (QED) is 0.717. The van der Waals surface area contributed by atoms with E-state index in [1.54, 1.807) is 35.2 Å². The first-order valence-electron chi connectivity index (χ1n) is 8.09. The Bertz CT molecular complexity index is 950. The number of hydrogen-bond donors (Lipinski definition) is 1. The summed E-state index contributed by atoms with van der Waals surface area (Å²) >= 11 is 0. The molecule has 1 amide bonds. The molecule has 0 fully saturated rings. The van der Waals surface area contributed by atoms with E-state index in [2.05, 4.69) is 15.6 Å². The molecular weight excluding hydrogens is 332 g/mol. The Kier molecular flexibility index (Phi) is 4.34. The van der Waals surface area contributed by atoms with E-state index in [0.29, 0.717) is 29.4 Å². The van der Waals surface area contributed by atoms with Gasteiger partial charge in [0.1, 0.15) is 5.69 Å². The first-order chi connectivity index (χ1) is 12.8. The average Bonchev–Trinajstić information content (AvgIpc) is 3.29. The van der Waals surface area contributed by atoms with Crippen LogP contribution in [0.15, 0.2) is 60.8 Å². The highest BCUT2D eigenvalue weighted by atomic mass is 16.7. The number of carbonyl (C=O) groups is 1. The number of benzene rings is 2. The van der Waals surface area contributed by atoms with E-state index >= 15 is 0 Å². The van der Waals surface area contributed by atoms with Gasteiger partial charge in [0.25, 0.3) is 0 Å². The van der Waals surface area contributed by atoms with Crippen LogP contribution in [-0.4, -0.2) is 27.7 Å². The van der Waals surface area contributed by atoms with Crippen molar-refractivity contribution in [3.63, 3.8) is 0 Å². The summed E-state index contributed by atoms with van der Waals surface area (Å²) in [7, 11) is 0. The maximum absolute atomic E-state index is 12.1. The van der Waals surface area contributed by atoms with Crippen molar-refractivity contribution in [3.8, 4) is 11.5 Å². The Labute approximate surface area is 149 Å². The monoisotopic (exact) mass is 348 g/mol. The molecule has 0 saturated heterocycles. The molecule has 0 saturated carbocycles. The minimum atomic E-state index is -0.263. The van der Waals surface area contributed by atoms with Crippen LogP contribution in [0.4, 0.5) is 5.69 Å². The van der Waals surface area contributed by atoms with Gasteiger partial charge in [-0.1, -0.05) is 35.5 Å². The van der Waals surface area contributed by atoms with Gasteiger partial charge in [-0.3, -0.25) is 4.79 Å². The van der Waals surface area contributed by atoms with E-state index in [-0.39, 0.29) is 12.7 Å². The van der Waals surface area contributed by atoms with Gasteiger partial charge < -0.3 is 14.8 Å². The van der Waals surface area contributed by atoms with Crippen molar-refractivity contribution in [2.24, 2.45) is 0 Å². The zero-order chi connectivity index (χ0) is 17.8. The highest BCUT2D eigenvalue weighted by molar-refractivity contribution is 6.01. The fraction of sp³-hybridized carbons (Fsp3) is 0.105. The van der Waals surface area contributed by atoms with Crippen molar-refractivity contribution < 1.29 is 14.3 Å². The summed E-state index contributed by atoms with van der Waals surface area (Å²) in [5, 5.41) is 10.9. The van der Waals surface area contributed by atoms with Gasteiger partial charge in [0.15, 0.2) is 11.5 Å². The van der Waals surface area contributed by atoms with E-state index in [9.17, 15) is 4.79 Å². The SMILES string of the molecule is O=C(C=Cc1cn(Cc2ccccc2)nn1)Nc1ccc2c(c1)OCO2. The van der Waals surface area contributed by atoms with E-state index in [4.69, 9.17) is 9.47 Å². The van der Waals surface area contributed by atoms with Crippen molar-refractivity contribution >= 4 is 17.7 Å². The summed E-state index contributed by atoms with van der Waals surface area (Å²) in [4.78, 5) is 12.1. The standard InChI is InChI=1S/C19H16N4O3/c24-19(20-15-6-8-17-18(10-15)26-13-25-17)9-7-16-12-23(22-21-16)11-14-4-2-1-3-5-14/h1-10,12H,11,13H2,(H,20,24). The van der Waals surface area contributed by atoms with Gasteiger partial charge in [0.05, 0.1) is 12.7 Å². The summed E-state index contributed by atoms with van der Waals surface area (Å²) in [5.41, 5.74) is 2.38. The minimum Gasteiger partial charge on any atom is -0.454 e. The molecule has 2 aromatic carbocycles. The molecule has 3 aromatic rings. The lowest BCUT2D eigenvalue weighted by molar-refractivity contribution is -0.111. The number of ether oxygens (including phenoxy) is 2. The van der Waals surface area contributed by atoms with Gasteiger partial charge in [-0.2, -0.15) is 0 Å². The highest BCUT2D eigenvalue weighted by Crippen LogP contribution is 2.34. The lowest BCUT2D eigenvalue weighted by Gasteiger charge is -2.03. The number of amides is 1. The van der Waals surface area contributed by atoms with Gasteiger partial charge in [-0.25, -0.2) is 4.68 Å². The predicted octanol–water partition coefficient (Wildman–Crippen LogP) is 2.71. The van der Waals surface area contributed by atoms with E-state index in [1.807, 2.05) is 30.3 Å². The molecule has 26 heavy (non-hydrogen) atoms. The number of nitrogens with one attached hydrogen (secondary N) is 1. The Morgan fingerprint density at radius 2 is 2.00 bits per heavy atom. The van der Waals surface area contributed by atoms with E-state index in [1.165, 1.54) is 6.08 Å². The zero-order valence-electron chi connectivity index (χ0n) is 13.8.